The SMILES string of the molecule is CC(NC(=O)c1cc(C(=O)Nc2ccccc2Cl)ccn1)c1ccccc1. The first-order valence-electron chi connectivity index (χ1n) is 8.42. The van der Waals surface area contributed by atoms with Crippen molar-refractivity contribution in [2.45, 2.75) is 13.0 Å². The minimum absolute atomic E-state index is 0.171. The fourth-order valence-corrected chi connectivity index (χ4v) is 2.73. The Hall–Kier alpha value is -3.18. The zero-order valence-electron chi connectivity index (χ0n) is 14.6. The van der Waals surface area contributed by atoms with Gasteiger partial charge in [-0.2, -0.15) is 0 Å². The van der Waals surface area contributed by atoms with Crippen LogP contribution in [0.4, 0.5) is 5.69 Å². The second-order valence-electron chi connectivity index (χ2n) is 5.97. The third-order valence-electron chi connectivity index (χ3n) is 4.02. The fraction of sp³-hybridized carbons (Fsp3) is 0.0952. The summed E-state index contributed by atoms with van der Waals surface area (Å²) in [5.74, 6) is -0.714. The number of carbonyl (C=O) groups excluding carboxylic acids is 2. The molecule has 2 amide bonds. The van der Waals surface area contributed by atoms with Gasteiger partial charge in [-0.15, -0.1) is 0 Å². The highest BCUT2D eigenvalue weighted by molar-refractivity contribution is 6.33. The summed E-state index contributed by atoms with van der Waals surface area (Å²) in [5.41, 5.74) is 1.98. The predicted molar refractivity (Wildman–Crippen MR) is 106 cm³/mol. The molecule has 3 rings (SSSR count). The van der Waals surface area contributed by atoms with Gasteiger partial charge in [-0.05, 0) is 36.8 Å². The third kappa shape index (κ3) is 4.71. The summed E-state index contributed by atoms with van der Waals surface area (Å²) in [4.78, 5) is 29.0. The summed E-state index contributed by atoms with van der Waals surface area (Å²) in [7, 11) is 0. The molecule has 1 atom stereocenters. The van der Waals surface area contributed by atoms with Crippen LogP contribution in [0, 0.1) is 0 Å². The lowest BCUT2D eigenvalue weighted by atomic mass is 10.1. The predicted octanol–water partition coefficient (Wildman–Crippen LogP) is 4.48. The Morgan fingerprint density at radius 3 is 2.41 bits per heavy atom. The van der Waals surface area contributed by atoms with E-state index in [1.54, 1.807) is 30.3 Å². The van der Waals surface area contributed by atoms with Crippen LogP contribution < -0.4 is 10.6 Å². The Bertz CT molecular complexity index is 960. The number of benzene rings is 2. The molecule has 5 nitrogen and oxygen atoms in total. The van der Waals surface area contributed by atoms with Crippen molar-refractivity contribution in [3.05, 3.63) is 94.8 Å². The van der Waals surface area contributed by atoms with Crippen LogP contribution in [0.2, 0.25) is 5.02 Å². The largest absolute Gasteiger partial charge is 0.344 e. The maximum atomic E-state index is 12.5. The van der Waals surface area contributed by atoms with Crippen molar-refractivity contribution in [1.82, 2.24) is 10.3 Å². The number of carbonyl (C=O) groups is 2. The summed E-state index contributed by atoms with van der Waals surface area (Å²) in [6, 6.07) is 19.4. The smallest absolute Gasteiger partial charge is 0.270 e. The zero-order chi connectivity index (χ0) is 19.2. The highest BCUT2D eigenvalue weighted by Crippen LogP contribution is 2.21. The highest BCUT2D eigenvalue weighted by atomic mass is 35.5. The molecule has 0 radical (unpaired) electrons. The van der Waals surface area contributed by atoms with Crippen LogP contribution in [-0.2, 0) is 0 Å². The number of pyridine rings is 1. The van der Waals surface area contributed by atoms with Gasteiger partial charge in [0.25, 0.3) is 11.8 Å². The van der Waals surface area contributed by atoms with E-state index in [4.69, 9.17) is 11.6 Å². The molecule has 1 heterocycles. The van der Waals surface area contributed by atoms with Gasteiger partial charge in [0, 0.05) is 11.8 Å². The number of hydrogen-bond acceptors (Lipinski definition) is 3. The summed E-state index contributed by atoms with van der Waals surface area (Å²) >= 11 is 6.06. The first kappa shape index (κ1) is 18.6. The number of halogens is 1. The Morgan fingerprint density at radius 1 is 0.963 bits per heavy atom. The molecule has 0 aliphatic carbocycles. The van der Waals surface area contributed by atoms with Crippen LogP contribution in [0.3, 0.4) is 0 Å². The van der Waals surface area contributed by atoms with Gasteiger partial charge in [-0.1, -0.05) is 54.1 Å². The molecule has 2 N–H and O–H groups in total. The summed E-state index contributed by atoms with van der Waals surface area (Å²) in [5, 5.41) is 6.05. The van der Waals surface area contributed by atoms with Crippen molar-refractivity contribution in [3.63, 3.8) is 0 Å². The maximum absolute atomic E-state index is 12.5. The molecule has 0 saturated heterocycles. The molecule has 1 unspecified atom stereocenters. The van der Waals surface area contributed by atoms with Crippen molar-refractivity contribution >= 4 is 29.1 Å². The number of nitrogens with zero attached hydrogens (tertiary/aromatic N) is 1. The van der Waals surface area contributed by atoms with Gasteiger partial charge < -0.3 is 10.6 Å². The van der Waals surface area contributed by atoms with Gasteiger partial charge in [0.15, 0.2) is 0 Å². The van der Waals surface area contributed by atoms with E-state index in [0.717, 1.165) is 5.56 Å². The fourth-order valence-electron chi connectivity index (χ4n) is 2.55. The third-order valence-corrected chi connectivity index (χ3v) is 4.35. The first-order chi connectivity index (χ1) is 13.0. The quantitative estimate of drug-likeness (QED) is 0.686. The van der Waals surface area contributed by atoms with E-state index < -0.39 is 0 Å². The van der Waals surface area contributed by atoms with Gasteiger partial charge in [0.2, 0.25) is 0 Å². The topological polar surface area (TPSA) is 71.1 Å². The van der Waals surface area contributed by atoms with E-state index in [-0.39, 0.29) is 23.6 Å². The van der Waals surface area contributed by atoms with Crippen LogP contribution in [-0.4, -0.2) is 16.8 Å². The van der Waals surface area contributed by atoms with Crippen LogP contribution in [0.5, 0.6) is 0 Å². The molecular formula is C21H18ClN3O2. The lowest BCUT2D eigenvalue weighted by Crippen LogP contribution is -2.27. The number of amides is 2. The Labute approximate surface area is 162 Å². The number of anilines is 1. The Morgan fingerprint density at radius 2 is 1.67 bits per heavy atom. The summed E-state index contributed by atoms with van der Waals surface area (Å²) in [6.07, 6.45) is 1.43. The molecule has 0 bridgehead atoms. The van der Waals surface area contributed by atoms with Crippen molar-refractivity contribution in [2.75, 3.05) is 5.32 Å². The van der Waals surface area contributed by atoms with Gasteiger partial charge in [-0.25, -0.2) is 0 Å². The van der Waals surface area contributed by atoms with E-state index in [1.165, 1.54) is 12.3 Å². The van der Waals surface area contributed by atoms with E-state index in [1.807, 2.05) is 37.3 Å². The molecule has 0 aliphatic rings. The lowest BCUT2D eigenvalue weighted by molar-refractivity contribution is 0.0935. The monoisotopic (exact) mass is 379 g/mol. The van der Waals surface area contributed by atoms with Gasteiger partial charge in [0.05, 0.1) is 16.8 Å². The molecule has 2 aromatic carbocycles. The molecule has 136 valence electrons. The Kier molecular flexibility index (Phi) is 5.84. The summed E-state index contributed by atoms with van der Waals surface area (Å²) in [6.45, 7) is 1.89. The number of hydrogen-bond donors (Lipinski definition) is 2. The zero-order valence-corrected chi connectivity index (χ0v) is 15.4. The molecule has 0 aliphatic heterocycles. The average molecular weight is 380 g/mol. The van der Waals surface area contributed by atoms with E-state index in [9.17, 15) is 9.59 Å². The number of aromatic nitrogens is 1. The highest BCUT2D eigenvalue weighted by Gasteiger charge is 2.15. The van der Waals surface area contributed by atoms with Gasteiger partial charge in [0.1, 0.15) is 5.69 Å². The van der Waals surface area contributed by atoms with Crippen LogP contribution in [0.25, 0.3) is 0 Å². The van der Waals surface area contributed by atoms with Crippen LogP contribution >= 0.6 is 11.6 Å². The molecule has 0 saturated carbocycles. The van der Waals surface area contributed by atoms with Crippen LogP contribution in [0.1, 0.15) is 39.4 Å². The lowest BCUT2D eigenvalue weighted by Gasteiger charge is -2.14. The number of rotatable bonds is 5. The molecule has 1 aromatic heterocycles. The maximum Gasteiger partial charge on any atom is 0.270 e. The molecule has 0 fully saturated rings. The minimum Gasteiger partial charge on any atom is -0.344 e. The first-order valence-corrected chi connectivity index (χ1v) is 8.80. The van der Waals surface area contributed by atoms with E-state index in [2.05, 4.69) is 15.6 Å². The molecule has 0 spiro atoms. The standard InChI is InChI=1S/C21H18ClN3O2/c1-14(15-7-3-2-4-8-15)24-21(27)19-13-16(11-12-23-19)20(26)25-18-10-6-5-9-17(18)22/h2-14H,1H3,(H,24,27)(H,25,26). The van der Waals surface area contributed by atoms with Crippen LogP contribution in [0.15, 0.2) is 72.9 Å². The molecular weight excluding hydrogens is 362 g/mol. The van der Waals surface area contributed by atoms with Crippen molar-refractivity contribution < 1.29 is 9.59 Å². The van der Waals surface area contributed by atoms with Gasteiger partial charge in [-0.3, -0.25) is 14.6 Å². The normalized spacial score (nSPS) is 11.5. The molecule has 3 aromatic rings. The van der Waals surface area contributed by atoms with Gasteiger partial charge >= 0.3 is 0 Å². The van der Waals surface area contributed by atoms with E-state index >= 15 is 0 Å². The average Bonchev–Trinajstić information content (AvgIpc) is 2.70. The minimum atomic E-state index is -0.365. The second kappa shape index (κ2) is 8.47. The van der Waals surface area contributed by atoms with Crippen molar-refractivity contribution in [3.8, 4) is 0 Å². The number of para-hydroxylation sites is 1. The van der Waals surface area contributed by atoms with Crippen molar-refractivity contribution in [2.24, 2.45) is 0 Å². The van der Waals surface area contributed by atoms with E-state index in [0.29, 0.717) is 16.3 Å². The second-order valence-corrected chi connectivity index (χ2v) is 6.38. The van der Waals surface area contributed by atoms with Crippen molar-refractivity contribution in [1.29, 1.82) is 0 Å². The Balaban J connectivity index is 1.72. The number of nitrogens with one attached hydrogen (secondary N) is 2. The summed E-state index contributed by atoms with van der Waals surface area (Å²) < 4.78 is 0. The molecule has 27 heavy (non-hydrogen) atoms. The molecule has 6 heteroatoms.